The Morgan fingerprint density at radius 1 is 0.938 bits per heavy atom. The molecule has 0 spiro atoms. The van der Waals surface area contributed by atoms with Crippen molar-refractivity contribution in [1.29, 1.82) is 0 Å². The van der Waals surface area contributed by atoms with Gasteiger partial charge < -0.3 is 24.8 Å². The number of rotatable bonds is 0. The van der Waals surface area contributed by atoms with Crippen LogP contribution >= 0.6 is 0 Å². The molecule has 32 heavy (non-hydrogen) atoms. The summed E-state index contributed by atoms with van der Waals surface area (Å²) in [6.45, 7) is 18.0. The van der Waals surface area contributed by atoms with Crippen LogP contribution in [0, 0.1) is 12.1 Å². The summed E-state index contributed by atoms with van der Waals surface area (Å²) in [7, 11) is 0. The van der Waals surface area contributed by atoms with E-state index in [1.807, 2.05) is 12.2 Å². The monoisotopic (exact) mass is 544 g/mol. The van der Waals surface area contributed by atoms with Crippen molar-refractivity contribution < 1.29 is 49.0 Å². The smallest absolute Gasteiger partial charge is 0.109 e. The maximum atomic E-state index is 3.55. The number of hydrogen-bond donors (Lipinski definition) is 0. The first kappa shape index (κ1) is 31.3. The van der Waals surface area contributed by atoms with Gasteiger partial charge in [-0.15, -0.1) is 12.0 Å². The maximum Gasteiger partial charge on any atom is -0.109 e. The Morgan fingerprint density at radius 3 is 2.00 bits per heavy atom. The average Bonchev–Trinajstić information content (AvgIpc) is 3.30. The Bertz CT molecular complexity index is 940. The summed E-state index contributed by atoms with van der Waals surface area (Å²) >= 11 is 1.55. The van der Waals surface area contributed by atoms with Crippen LogP contribution in [0.25, 0.3) is 11.1 Å². The molecule has 2 aromatic rings. The predicted molar refractivity (Wildman–Crippen MR) is 129 cm³/mol. The first-order chi connectivity index (χ1) is 13.9. The van der Waals surface area contributed by atoms with Crippen LogP contribution in [0.3, 0.4) is 0 Å². The molecule has 0 heterocycles. The summed E-state index contributed by atoms with van der Waals surface area (Å²) in [5.74, 6) is 0. The molecule has 0 saturated carbocycles. The third kappa shape index (κ3) is 8.89. The fourth-order valence-corrected chi connectivity index (χ4v) is 3.60. The summed E-state index contributed by atoms with van der Waals surface area (Å²) in [5.41, 5.74) is 8.88. The molecular formula is C29H36Cl2Zr-2. The standard InChI is InChI=1S/C21H25.C5H5.C3H6.2ClH.Zr/c1-20(2,3)15-11-10-14-12-18-16(17(14)13-15)8-7-9-19(18)21(4,5)6;1-2-4-5-3-1;1-3-2;;;/h7-9,11,13H,12H2,1-6H3;1-3H,4H2;1-2H3;2*1H;/q2*-1;;;;+2/p-2. The molecule has 2 aliphatic rings. The summed E-state index contributed by atoms with van der Waals surface area (Å²) in [5, 5.41) is 0. The molecule has 4 rings (SSSR count). The van der Waals surface area contributed by atoms with Gasteiger partial charge in [-0.2, -0.15) is 35.4 Å². The van der Waals surface area contributed by atoms with Crippen LogP contribution in [0.15, 0.2) is 48.6 Å². The van der Waals surface area contributed by atoms with E-state index in [1.165, 1.54) is 36.6 Å². The Morgan fingerprint density at radius 2 is 1.56 bits per heavy atom. The van der Waals surface area contributed by atoms with Gasteiger partial charge in [-0.05, 0) is 23.0 Å². The fraction of sp³-hybridized carbons (Fsp3) is 0.414. The second-order valence-electron chi connectivity index (χ2n) is 10.3. The maximum absolute atomic E-state index is 3.55. The van der Waals surface area contributed by atoms with E-state index in [9.17, 15) is 0 Å². The molecular weight excluding hydrogens is 510 g/mol. The second-order valence-corrected chi connectivity index (χ2v) is 12.8. The minimum atomic E-state index is 0. The third-order valence-electron chi connectivity index (χ3n) is 5.11. The predicted octanol–water partition coefficient (Wildman–Crippen LogP) is 1.71. The van der Waals surface area contributed by atoms with Crippen molar-refractivity contribution in [3.8, 4) is 11.1 Å². The van der Waals surface area contributed by atoms with Gasteiger partial charge in [0.05, 0.1) is 0 Å². The normalized spacial score (nSPS) is 12.8. The van der Waals surface area contributed by atoms with Crippen molar-refractivity contribution >= 4 is 3.21 Å². The van der Waals surface area contributed by atoms with Crippen LogP contribution in [0.5, 0.6) is 0 Å². The van der Waals surface area contributed by atoms with Crippen LogP contribution < -0.4 is 24.8 Å². The van der Waals surface area contributed by atoms with E-state index in [4.69, 9.17) is 0 Å². The number of allylic oxidation sites excluding steroid dienone is 4. The first-order valence-electron chi connectivity index (χ1n) is 10.8. The minimum Gasteiger partial charge on any atom is -1.00 e. The van der Waals surface area contributed by atoms with E-state index in [0.29, 0.717) is 0 Å². The van der Waals surface area contributed by atoms with Gasteiger partial charge in [0.2, 0.25) is 0 Å². The molecule has 0 aliphatic heterocycles. The fourth-order valence-electron chi connectivity index (χ4n) is 3.60. The van der Waals surface area contributed by atoms with Gasteiger partial charge in [-0.25, -0.2) is 12.2 Å². The molecule has 172 valence electrons. The summed E-state index contributed by atoms with van der Waals surface area (Å²) in [6.07, 6.45) is 11.0. The zero-order chi connectivity index (χ0) is 22.5. The quantitative estimate of drug-likeness (QED) is 0.377. The van der Waals surface area contributed by atoms with Gasteiger partial charge in [-0.3, -0.25) is 6.08 Å². The zero-order valence-corrected chi connectivity index (χ0v) is 24.8. The Labute approximate surface area is 224 Å². The number of hydrogen-bond acceptors (Lipinski definition) is 0. The van der Waals surface area contributed by atoms with Crippen molar-refractivity contribution in [1.82, 2.24) is 0 Å². The number of fused-ring (bicyclic) bond motifs is 3. The zero-order valence-electron chi connectivity index (χ0n) is 20.8. The van der Waals surface area contributed by atoms with Crippen LogP contribution in [0.4, 0.5) is 0 Å². The van der Waals surface area contributed by atoms with Gasteiger partial charge in [-0.1, -0.05) is 70.7 Å². The Hall–Kier alpha value is -0.747. The second kappa shape index (κ2) is 13.2. The molecule has 0 N–H and O–H groups in total. The molecule has 0 nitrogen and oxygen atoms in total. The van der Waals surface area contributed by atoms with E-state index in [0.717, 1.165) is 12.8 Å². The molecule has 0 radical (unpaired) electrons. The van der Waals surface area contributed by atoms with E-state index in [-0.39, 0.29) is 35.6 Å². The van der Waals surface area contributed by atoms with E-state index < -0.39 is 0 Å². The largest absolute Gasteiger partial charge is 1.00 e. The molecule has 2 aliphatic carbocycles. The minimum absolute atomic E-state index is 0. The van der Waals surface area contributed by atoms with Gasteiger partial charge in [0, 0.05) is 0 Å². The third-order valence-corrected chi connectivity index (χ3v) is 5.11. The molecule has 0 atom stereocenters. The van der Waals surface area contributed by atoms with Crippen molar-refractivity contribution in [2.45, 2.75) is 79.1 Å². The van der Waals surface area contributed by atoms with Crippen LogP contribution in [-0.4, -0.2) is 3.21 Å². The van der Waals surface area contributed by atoms with Gasteiger partial charge in [0.1, 0.15) is 0 Å². The van der Waals surface area contributed by atoms with Crippen molar-refractivity contribution in [2.75, 3.05) is 0 Å². The average molecular weight is 547 g/mol. The van der Waals surface area contributed by atoms with E-state index in [2.05, 4.69) is 104 Å². The van der Waals surface area contributed by atoms with Gasteiger partial charge >= 0.3 is 41.3 Å². The van der Waals surface area contributed by atoms with E-state index in [1.54, 1.807) is 24.2 Å². The van der Waals surface area contributed by atoms with Crippen molar-refractivity contribution in [3.05, 3.63) is 83.0 Å². The first-order valence-corrected chi connectivity index (χ1v) is 12.1. The summed E-state index contributed by atoms with van der Waals surface area (Å²) in [6, 6.07) is 14.9. The topological polar surface area (TPSA) is 0 Å². The molecule has 0 bridgehead atoms. The van der Waals surface area contributed by atoms with Gasteiger partial charge in [0.25, 0.3) is 0 Å². The van der Waals surface area contributed by atoms with Crippen molar-refractivity contribution in [2.24, 2.45) is 0 Å². The van der Waals surface area contributed by atoms with E-state index >= 15 is 0 Å². The molecule has 0 saturated heterocycles. The van der Waals surface area contributed by atoms with Crippen LogP contribution in [0.2, 0.25) is 0 Å². The summed E-state index contributed by atoms with van der Waals surface area (Å²) in [4.78, 5) is 0. The van der Waals surface area contributed by atoms with Crippen LogP contribution in [0.1, 0.15) is 84.1 Å². The van der Waals surface area contributed by atoms with Gasteiger partial charge in [0.15, 0.2) is 0 Å². The molecule has 3 heteroatoms. The SMILES string of the molecule is CC(C)(C)c1c[c-]c2c(c1)-c1cccc(C(C)(C)C)c1C2.C[C](C)=[Zr+2].[C-]1=CC=CC1.[Cl-].[Cl-]. The molecule has 0 aromatic heterocycles. The summed E-state index contributed by atoms with van der Waals surface area (Å²) < 4.78 is 1.51. The molecule has 2 aromatic carbocycles. The van der Waals surface area contributed by atoms with Crippen molar-refractivity contribution in [3.63, 3.8) is 0 Å². The van der Waals surface area contributed by atoms with Crippen LogP contribution in [-0.2, 0) is 41.5 Å². The Kier molecular flexibility index (Phi) is 12.9. The molecule has 0 fully saturated rings. The number of benzene rings is 2. The Balaban J connectivity index is 0.000000739. The number of halogens is 2. The molecule has 0 unspecified atom stereocenters. The molecule has 0 amide bonds.